The van der Waals surface area contributed by atoms with Crippen molar-refractivity contribution in [1.82, 2.24) is 0 Å². The lowest BCUT2D eigenvalue weighted by molar-refractivity contribution is 0.167. The fourth-order valence-corrected chi connectivity index (χ4v) is 2.71. The third kappa shape index (κ3) is 0.531. The Balaban J connectivity index is 1.94. The fourth-order valence-electron chi connectivity index (χ4n) is 1.54. The van der Waals surface area contributed by atoms with E-state index in [1.54, 1.807) is 0 Å². The van der Waals surface area contributed by atoms with Crippen LogP contribution in [-0.2, 0) is 4.74 Å². The highest BCUT2D eigenvalue weighted by atomic mass is 32.2. The van der Waals surface area contributed by atoms with Crippen LogP contribution < -0.4 is 0 Å². The number of hydrogen-bond donors (Lipinski definition) is 0. The standard InChI is InChI=1S/C6H10OS/c1-8-6-4-2-7-3-5(4)6/h4-6H,2-3H2,1H3/t4-,5-/m1/s1. The Bertz CT molecular complexity index is 87.9. The summed E-state index contributed by atoms with van der Waals surface area (Å²) < 4.78 is 5.23. The van der Waals surface area contributed by atoms with Crippen molar-refractivity contribution in [2.24, 2.45) is 11.8 Å². The first kappa shape index (κ1) is 5.12. The molecule has 0 amide bonds. The van der Waals surface area contributed by atoms with E-state index in [-0.39, 0.29) is 0 Å². The Morgan fingerprint density at radius 1 is 1.38 bits per heavy atom. The van der Waals surface area contributed by atoms with Gasteiger partial charge in [0.25, 0.3) is 0 Å². The third-order valence-corrected chi connectivity index (χ3v) is 3.39. The van der Waals surface area contributed by atoms with E-state index >= 15 is 0 Å². The van der Waals surface area contributed by atoms with E-state index in [2.05, 4.69) is 6.26 Å². The van der Waals surface area contributed by atoms with Gasteiger partial charge in [-0.05, 0) is 6.26 Å². The van der Waals surface area contributed by atoms with Gasteiger partial charge in [-0.1, -0.05) is 0 Å². The van der Waals surface area contributed by atoms with Gasteiger partial charge in [0.2, 0.25) is 0 Å². The summed E-state index contributed by atoms with van der Waals surface area (Å²) in [5, 5.41) is 0.962. The van der Waals surface area contributed by atoms with Gasteiger partial charge in [-0.15, -0.1) is 0 Å². The van der Waals surface area contributed by atoms with Crippen LogP contribution in [0, 0.1) is 11.8 Å². The van der Waals surface area contributed by atoms with Gasteiger partial charge in [-0.3, -0.25) is 0 Å². The maximum Gasteiger partial charge on any atom is 0.0509 e. The molecule has 1 nitrogen and oxygen atoms in total. The van der Waals surface area contributed by atoms with Gasteiger partial charge in [-0.25, -0.2) is 0 Å². The Hall–Kier alpha value is 0.310. The van der Waals surface area contributed by atoms with Crippen molar-refractivity contribution in [3.05, 3.63) is 0 Å². The molecule has 1 saturated carbocycles. The molecule has 0 spiro atoms. The summed E-state index contributed by atoms with van der Waals surface area (Å²) in [6.07, 6.45) is 2.20. The van der Waals surface area contributed by atoms with Crippen LogP contribution in [0.2, 0.25) is 0 Å². The van der Waals surface area contributed by atoms with Gasteiger partial charge in [0.05, 0.1) is 13.2 Å². The van der Waals surface area contributed by atoms with Crippen molar-refractivity contribution in [3.8, 4) is 0 Å². The molecule has 1 aliphatic heterocycles. The summed E-state index contributed by atoms with van der Waals surface area (Å²) in [5.41, 5.74) is 0. The molecule has 1 aliphatic carbocycles. The average Bonchev–Trinajstić information content (AvgIpc) is 2.22. The Labute approximate surface area is 53.8 Å². The minimum absolute atomic E-state index is 0.935. The predicted octanol–water partition coefficient (Wildman–Crippen LogP) is 0.994. The first-order valence-corrected chi connectivity index (χ1v) is 4.33. The van der Waals surface area contributed by atoms with E-state index in [4.69, 9.17) is 4.74 Å². The van der Waals surface area contributed by atoms with E-state index < -0.39 is 0 Å². The van der Waals surface area contributed by atoms with Gasteiger partial charge < -0.3 is 4.74 Å². The monoisotopic (exact) mass is 130 g/mol. The maximum atomic E-state index is 5.23. The molecule has 2 rings (SSSR count). The highest BCUT2D eigenvalue weighted by Gasteiger charge is 2.53. The van der Waals surface area contributed by atoms with E-state index in [0.717, 1.165) is 30.3 Å². The largest absolute Gasteiger partial charge is 0.381 e. The molecular weight excluding hydrogens is 120 g/mol. The molecule has 0 unspecified atom stereocenters. The highest BCUT2D eigenvalue weighted by molar-refractivity contribution is 7.99. The second-order valence-electron chi connectivity index (χ2n) is 2.57. The van der Waals surface area contributed by atoms with Crippen LogP contribution in [0.5, 0.6) is 0 Å². The first-order valence-electron chi connectivity index (χ1n) is 3.04. The molecule has 2 aliphatic rings. The highest BCUT2D eigenvalue weighted by Crippen LogP contribution is 2.51. The zero-order valence-corrected chi connectivity index (χ0v) is 5.78. The quantitative estimate of drug-likeness (QED) is 0.523. The third-order valence-electron chi connectivity index (χ3n) is 2.15. The fraction of sp³-hybridized carbons (Fsp3) is 1.00. The van der Waals surface area contributed by atoms with Crippen molar-refractivity contribution in [2.45, 2.75) is 5.25 Å². The molecule has 2 fully saturated rings. The van der Waals surface area contributed by atoms with Gasteiger partial charge in [0.1, 0.15) is 0 Å². The average molecular weight is 130 g/mol. The Morgan fingerprint density at radius 2 is 2.00 bits per heavy atom. The molecule has 0 aromatic heterocycles. The smallest absolute Gasteiger partial charge is 0.0509 e. The molecule has 0 aromatic rings. The SMILES string of the molecule is CSC1[C@@H]2COC[C@@H]12. The van der Waals surface area contributed by atoms with Crippen LogP contribution in [0.4, 0.5) is 0 Å². The number of thioether (sulfide) groups is 1. The topological polar surface area (TPSA) is 9.23 Å². The molecule has 2 heteroatoms. The van der Waals surface area contributed by atoms with E-state index in [9.17, 15) is 0 Å². The minimum Gasteiger partial charge on any atom is -0.381 e. The summed E-state index contributed by atoms with van der Waals surface area (Å²) in [6.45, 7) is 2.08. The molecule has 46 valence electrons. The van der Waals surface area contributed by atoms with E-state index in [1.165, 1.54) is 0 Å². The lowest BCUT2D eigenvalue weighted by Gasteiger charge is -1.97. The number of ether oxygens (including phenoxy) is 1. The van der Waals surface area contributed by atoms with Crippen LogP contribution >= 0.6 is 11.8 Å². The predicted molar refractivity (Wildman–Crippen MR) is 35.1 cm³/mol. The van der Waals surface area contributed by atoms with Crippen molar-refractivity contribution in [2.75, 3.05) is 19.5 Å². The number of hydrogen-bond acceptors (Lipinski definition) is 2. The summed E-state index contributed by atoms with van der Waals surface area (Å²) in [7, 11) is 0. The van der Waals surface area contributed by atoms with Gasteiger partial charge in [0, 0.05) is 17.1 Å². The zero-order valence-electron chi connectivity index (χ0n) is 4.96. The van der Waals surface area contributed by atoms with Crippen LogP contribution in [0.25, 0.3) is 0 Å². The summed E-state index contributed by atoms with van der Waals surface area (Å²) in [4.78, 5) is 0. The molecule has 2 atom stereocenters. The number of rotatable bonds is 1. The second kappa shape index (κ2) is 1.64. The number of fused-ring (bicyclic) bond motifs is 1. The first-order chi connectivity index (χ1) is 3.93. The van der Waals surface area contributed by atoms with Crippen LogP contribution in [0.15, 0.2) is 0 Å². The molecular formula is C6H10OS. The normalized spacial score (nSPS) is 51.4. The summed E-state index contributed by atoms with van der Waals surface area (Å²) in [5.74, 6) is 1.87. The van der Waals surface area contributed by atoms with E-state index in [1.807, 2.05) is 11.8 Å². The molecule has 0 aromatic carbocycles. The van der Waals surface area contributed by atoms with Crippen molar-refractivity contribution >= 4 is 11.8 Å². The van der Waals surface area contributed by atoms with Crippen molar-refractivity contribution in [3.63, 3.8) is 0 Å². The molecule has 1 saturated heterocycles. The lowest BCUT2D eigenvalue weighted by Crippen LogP contribution is -1.97. The molecule has 0 bridgehead atoms. The Morgan fingerprint density at radius 3 is 2.38 bits per heavy atom. The second-order valence-corrected chi connectivity index (χ2v) is 3.58. The van der Waals surface area contributed by atoms with Gasteiger partial charge in [0.15, 0.2) is 0 Å². The maximum absolute atomic E-state index is 5.23. The van der Waals surface area contributed by atoms with Crippen LogP contribution in [0.1, 0.15) is 0 Å². The van der Waals surface area contributed by atoms with Crippen molar-refractivity contribution in [1.29, 1.82) is 0 Å². The minimum atomic E-state index is 0.935. The Kier molecular flexibility index (Phi) is 1.05. The van der Waals surface area contributed by atoms with Crippen LogP contribution in [0.3, 0.4) is 0 Å². The van der Waals surface area contributed by atoms with Crippen molar-refractivity contribution < 1.29 is 4.74 Å². The van der Waals surface area contributed by atoms with E-state index in [0.29, 0.717) is 0 Å². The molecule has 0 N–H and O–H groups in total. The molecule has 0 radical (unpaired) electrons. The van der Waals surface area contributed by atoms with Crippen LogP contribution in [-0.4, -0.2) is 24.7 Å². The molecule has 1 heterocycles. The summed E-state index contributed by atoms with van der Waals surface area (Å²) >= 11 is 2.00. The zero-order chi connectivity index (χ0) is 5.56. The molecule has 8 heavy (non-hydrogen) atoms. The van der Waals surface area contributed by atoms with Gasteiger partial charge >= 0.3 is 0 Å². The lowest BCUT2D eigenvalue weighted by atomic mass is 10.4. The summed E-state index contributed by atoms with van der Waals surface area (Å²) in [6, 6.07) is 0. The van der Waals surface area contributed by atoms with Gasteiger partial charge in [-0.2, -0.15) is 11.8 Å².